The van der Waals surface area contributed by atoms with Crippen molar-refractivity contribution < 1.29 is 14.7 Å². The Hall–Kier alpha value is -1.84. The lowest BCUT2D eigenvalue weighted by Crippen LogP contribution is -2.29. The van der Waals surface area contributed by atoms with Gasteiger partial charge >= 0.3 is 5.97 Å². The number of rotatable bonds is 4. The highest BCUT2D eigenvalue weighted by Gasteiger charge is 2.30. The number of aliphatic carboxylic acids is 1. The van der Waals surface area contributed by atoms with Gasteiger partial charge < -0.3 is 10.4 Å². The topological polar surface area (TPSA) is 66.4 Å². The van der Waals surface area contributed by atoms with Crippen LogP contribution in [0.25, 0.3) is 0 Å². The summed E-state index contributed by atoms with van der Waals surface area (Å²) in [5.41, 5.74) is 3.00. The maximum atomic E-state index is 11.9. The molecule has 0 saturated carbocycles. The molecule has 1 rings (SSSR count). The molecule has 0 saturated heterocycles. The van der Waals surface area contributed by atoms with E-state index in [1.54, 1.807) is 13.8 Å². The van der Waals surface area contributed by atoms with Crippen LogP contribution in [0.4, 0.5) is 5.69 Å². The van der Waals surface area contributed by atoms with Gasteiger partial charge in [-0.05, 0) is 57.4 Å². The molecule has 0 unspecified atom stereocenters. The van der Waals surface area contributed by atoms with Crippen molar-refractivity contribution >= 4 is 17.6 Å². The minimum absolute atomic E-state index is 0.0469. The number of anilines is 1. The highest BCUT2D eigenvalue weighted by atomic mass is 16.4. The van der Waals surface area contributed by atoms with Crippen molar-refractivity contribution in [1.29, 1.82) is 0 Å². The molecule has 4 heteroatoms. The molecule has 1 amide bonds. The zero-order valence-electron chi connectivity index (χ0n) is 12.1. The van der Waals surface area contributed by atoms with E-state index < -0.39 is 11.4 Å². The molecule has 0 spiro atoms. The molecule has 19 heavy (non-hydrogen) atoms. The van der Waals surface area contributed by atoms with Crippen molar-refractivity contribution in [2.75, 3.05) is 5.32 Å². The van der Waals surface area contributed by atoms with Crippen molar-refractivity contribution in [2.45, 2.75) is 41.0 Å². The molecule has 0 aliphatic heterocycles. The molecule has 104 valence electrons. The van der Waals surface area contributed by atoms with Crippen LogP contribution in [0.15, 0.2) is 12.1 Å². The van der Waals surface area contributed by atoms with Crippen molar-refractivity contribution in [3.63, 3.8) is 0 Å². The number of carboxylic acid groups (broad SMARTS) is 1. The summed E-state index contributed by atoms with van der Waals surface area (Å²) in [6.07, 6.45) is -0.0469. The van der Waals surface area contributed by atoms with E-state index in [0.717, 1.165) is 16.8 Å². The maximum absolute atomic E-state index is 11.9. The quantitative estimate of drug-likeness (QED) is 0.877. The molecule has 0 aliphatic carbocycles. The Morgan fingerprint density at radius 2 is 1.74 bits per heavy atom. The zero-order valence-corrected chi connectivity index (χ0v) is 12.1. The van der Waals surface area contributed by atoms with Crippen LogP contribution in [0.3, 0.4) is 0 Å². The molecule has 0 bridgehead atoms. The number of carbonyl (C=O) groups is 2. The van der Waals surface area contributed by atoms with Gasteiger partial charge in [0, 0.05) is 12.1 Å². The number of benzene rings is 1. The number of aryl methyl sites for hydroxylation is 1. The number of hydrogen-bond acceptors (Lipinski definition) is 2. The summed E-state index contributed by atoms with van der Waals surface area (Å²) >= 11 is 0. The Morgan fingerprint density at radius 1 is 1.16 bits per heavy atom. The van der Waals surface area contributed by atoms with Crippen LogP contribution in [0.1, 0.15) is 37.0 Å². The molecule has 1 aromatic carbocycles. The SMILES string of the molecule is Cc1ccc(NC(=O)CC(C)(C)C(=O)O)c(C)c1C. The van der Waals surface area contributed by atoms with Gasteiger partial charge in [-0.25, -0.2) is 0 Å². The first kappa shape index (κ1) is 15.2. The molecule has 0 heterocycles. The summed E-state index contributed by atoms with van der Waals surface area (Å²) in [6.45, 7) is 9.05. The Balaban J connectivity index is 2.84. The molecule has 0 fully saturated rings. The summed E-state index contributed by atoms with van der Waals surface area (Å²) in [4.78, 5) is 22.9. The fourth-order valence-electron chi connectivity index (χ4n) is 1.76. The van der Waals surface area contributed by atoms with Crippen molar-refractivity contribution in [3.8, 4) is 0 Å². The first-order valence-electron chi connectivity index (χ1n) is 6.25. The molecule has 1 aromatic rings. The van der Waals surface area contributed by atoms with Crippen LogP contribution in [0.5, 0.6) is 0 Å². The van der Waals surface area contributed by atoms with Crippen LogP contribution in [-0.4, -0.2) is 17.0 Å². The summed E-state index contributed by atoms with van der Waals surface area (Å²) in [5.74, 6) is -1.25. The molecule has 0 aromatic heterocycles. The lowest BCUT2D eigenvalue weighted by molar-refractivity contribution is -0.148. The van der Waals surface area contributed by atoms with Gasteiger partial charge in [0.15, 0.2) is 0 Å². The summed E-state index contributed by atoms with van der Waals surface area (Å²) in [6, 6.07) is 3.80. The standard InChI is InChI=1S/C15H21NO3/c1-9-6-7-12(11(3)10(9)2)16-13(17)8-15(4,5)14(18)19/h6-7H,8H2,1-5H3,(H,16,17)(H,18,19). The lowest BCUT2D eigenvalue weighted by atomic mass is 9.89. The van der Waals surface area contributed by atoms with Gasteiger partial charge in [-0.15, -0.1) is 0 Å². The van der Waals surface area contributed by atoms with Crippen LogP contribution in [0.2, 0.25) is 0 Å². The summed E-state index contributed by atoms with van der Waals surface area (Å²) in [5, 5.41) is 11.8. The van der Waals surface area contributed by atoms with Gasteiger partial charge in [0.25, 0.3) is 0 Å². The predicted octanol–water partition coefficient (Wildman–Crippen LogP) is 3.05. The largest absolute Gasteiger partial charge is 0.481 e. The number of hydrogen-bond donors (Lipinski definition) is 2. The van der Waals surface area contributed by atoms with E-state index in [-0.39, 0.29) is 12.3 Å². The van der Waals surface area contributed by atoms with Crippen LogP contribution in [-0.2, 0) is 9.59 Å². The van der Waals surface area contributed by atoms with Gasteiger partial charge in [0.2, 0.25) is 5.91 Å². The average Bonchev–Trinajstić information content (AvgIpc) is 2.29. The minimum atomic E-state index is -1.06. The number of nitrogens with one attached hydrogen (secondary N) is 1. The van der Waals surface area contributed by atoms with Gasteiger partial charge in [-0.1, -0.05) is 6.07 Å². The van der Waals surface area contributed by atoms with Crippen LogP contribution < -0.4 is 5.32 Å². The Morgan fingerprint density at radius 3 is 2.26 bits per heavy atom. The molecular weight excluding hydrogens is 242 g/mol. The lowest BCUT2D eigenvalue weighted by Gasteiger charge is -2.19. The second kappa shape index (κ2) is 5.43. The highest BCUT2D eigenvalue weighted by Crippen LogP contribution is 2.24. The normalized spacial score (nSPS) is 11.2. The third-order valence-electron chi connectivity index (χ3n) is 3.51. The first-order valence-corrected chi connectivity index (χ1v) is 6.25. The van der Waals surface area contributed by atoms with Crippen LogP contribution in [0, 0.1) is 26.2 Å². The predicted molar refractivity (Wildman–Crippen MR) is 75.3 cm³/mol. The highest BCUT2D eigenvalue weighted by molar-refractivity contribution is 5.94. The molecule has 2 N–H and O–H groups in total. The Bertz CT molecular complexity index is 518. The minimum Gasteiger partial charge on any atom is -0.481 e. The van der Waals surface area contributed by atoms with E-state index in [2.05, 4.69) is 5.32 Å². The van der Waals surface area contributed by atoms with Gasteiger partial charge in [0.1, 0.15) is 0 Å². The van der Waals surface area contributed by atoms with E-state index in [9.17, 15) is 9.59 Å². The first-order chi connectivity index (χ1) is 8.65. The van der Waals surface area contributed by atoms with Gasteiger partial charge in [-0.2, -0.15) is 0 Å². The molecule has 0 aliphatic rings. The molecule has 4 nitrogen and oxygen atoms in total. The smallest absolute Gasteiger partial charge is 0.309 e. The van der Waals surface area contributed by atoms with Crippen molar-refractivity contribution in [1.82, 2.24) is 0 Å². The van der Waals surface area contributed by atoms with Gasteiger partial charge in [0.05, 0.1) is 5.41 Å². The second-order valence-corrected chi connectivity index (χ2v) is 5.59. The summed E-state index contributed by atoms with van der Waals surface area (Å²) < 4.78 is 0. The van der Waals surface area contributed by atoms with Crippen molar-refractivity contribution in [3.05, 3.63) is 28.8 Å². The fraction of sp³-hybridized carbons (Fsp3) is 0.467. The third-order valence-corrected chi connectivity index (χ3v) is 3.51. The Kier molecular flexibility index (Phi) is 4.35. The third kappa shape index (κ3) is 3.56. The van der Waals surface area contributed by atoms with E-state index in [1.807, 2.05) is 32.9 Å². The van der Waals surface area contributed by atoms with E-state index in [0.29, 0.717) is 0 Å². The second-order valence-electron chi connectivity index (χ2n) is 5.59. The average molecular weight is 263 g/mol. The number of carboxylic acids is 1. The fourth-order valence-corrected chi connectivity index (χ4v) is 1.76. The Labute approximate surface area is 113 Å². The maximum Gasteiger partial charge on any atom is 0.309 e. The summed E-state index contributed by atoms with van der Waals surface area (Å²) in [7, 11) is 0. The molecule has 0 radical (unpaired) electrons. The van der Waals surface area contributed by atoms with Crippen LogP contribution >= 0.6 is 0 Å². The van der Waals surface area contributed by atoms with E-state index >= 15 is 0 Å². The molecule has 0 atom stereocenters. The molecular formula is C15H21NO3. The zero-order chi connectivity index (χ0) is 14.8. The van der Waals surface area contributed by atoms with E-state index in [4.69, 9.17) is 5.11 Å². The monoisotopic (exact) mass is 263 g/mol. The van der Waals surface area contributed by atoms with Crippen molar-refractivity contribution in [2.24, 2.45) is 5.41 Å². The number of amides is 1. The van der Waals surface area contributed by atoms with Gasteiger partial charge in [-0.3, -0.25) is 9.59 Å². The number of carbonyl (C=O) groups excluding carboxylic acids is 1. The van der Waals surface area contributed by atoms with E-state index in [1.165, 1.54) is 5.56 Å².